The van der Waals surface area contributed by atoms with Gasteiger partial charge < -0.3 is 9.88 Å². The number of amides is 1. The first-order valence-corrected chi connectivity index (χ1v) is 8.25. The summed E-state index contributed by atoms with van der Waals surface area (Å²) in [6, 6.07) is 8.58. The van der Waals surface area contributed by atoms with Crippen molar-refractivity contribution in [3.8, 4) is 5.69 Å². The average Bonchev–Trinajstić information content (AvgIpc) is 3.02. The van der Waals surface area contributed by atoms with Crippen LogP contribution in [0.4, 0.5) is 18.9 Å². The number of nitrogens with one attached hydrogen (secondary N) is 1. The second kappa shape index (κ2) is 6.90. The number of hydrogen-bond acceptors (Lipinski definition) is 2. The summed E-state index contributed by atoms with van der Waals surface area (Å²) in [5.41, 5.74) is 2.50. The monoisotopic (exact) mass is 373 g/mol. The fourth-order valence-corrected chi connectivity index (χ4v) is 2.64. The highest BCUT2D eigenvalue weighted by Crippen LogP contribution is 2.33. The molecular formula is C20H18F3N3O. The molecule has 0 aliphatic rings. The van der Waals surface area contributed by atoms with Crippen LogP contribution in [0.2, 0.25) is 0 Å². The maximum absolute atomic E-state index is 13.3. The molecule has 0 saturated heterocycles. The Morgan fingerprint density at radius 3 is 2.37 bits per heavy atom. The molecule has 3 aromatic rings. The van der Waals surface area contributed by atoms with Gasteiger partial charge in [0.25, 0.3) is 5.91 Å². The summed E-state index contributed by atoms with van der Waals surface area (Å²) in [5.74, 6) is -0.467. The van der Waals surface area contributed by atoms with E-state index in [9.17, 15) is 18.0 Å². The topological polar surface area (TPSA) is 46.9 Å². The predicted octanol–water partition coefficient (Wildman–Crippen LogP) is 5.07. The smallest absolute Gasteiger partial charge is 0.322 e. The third-order valence-corrected chi connectivity index (χ3v) is 4.28. The molecule has 0 saturated carbocycles. The molecule has 0 aliphatic heterocycles. The van der Waals surface area contributed by atoms with Crippen LogP contribution in [0, 0.1) is 20.8 Å². The molecule has 4 nitrogen and oxygen atoms in total. The number of hydrogen-bond donors (Lipinski definition) is 1. The lowest BCUT2D eigenvalue weighted by molar-refractivity contribution is -0.137. The van der Waals surface area contributed by atoms with E-state index in [1.54, 1.807) is 31.3 Å². The minimum Gasteiger partial charge on any atom is -0.322 e. The summed E-state index contributed by atoms with van der Waals surface area (Å²) in [6.45, 7) is 5.53. The van der Waals surface area contributed by atoms with Crippen molar-refractivity contribution in [3.05, 3.63) is 76.9 Å². The van der Waals surface area contributed by atoms with Crippen LogP contribution in [0.5, 0.6) is 0 Å². The van der Waals surface area contributed by atoms with Gasteiger partial charge in [0.05, 0.1) is 17.6 Å². The molecule has 0 radical (unpaired) electrons. The number of carbonyl (C=O) groups is 1. The number of nitrogens with zero attached hydrogens (tertiary/aromatic N) is 2. The quantitative estimate of drug-likeness (QED) is 0.697. The molecule has 2 aromatic carbocycles. The van der Waals surface area contributed by atoms with Crippen LogP contribution in [-0.4, -0.2) is 15.5 Å². The Labute approximate surface area is 154 Å². The van der Waals surface area contributed by atoms with Crippen molar-refractivity contribution in [1.82, 2.24) is 9.55 Å². The van der Waals surface area contributed by atoms with Gasteiger partial charge in [-0.1, -0.05) is 6.07 Å². The molecule has 1 amide bonds. The molecule has 0 bridgehead atoms. The molecule has 27 heavy (non-hydrogen) atoms. The van der Waals surface area contributed by atoms with Crippen LogP contribution >= 0.6 is 0 Å². The Bertz CT molecular complexity index is 1010. The maximum atomic E-state index is 13.3. The van der Waals surface area contributed by atoms with Crippen molar-refractivity contribution in [1.29, 1.82) is 0 Å². The molecule has 0 aliphatic carbocycles. The molecule has 0 atom stereocenters. The Hall–Kier alpha value is -3.09. The molecule has 140 valence electrons. The van der Waals surface area contributed by atoms with E-state index in [0.29, 0.717) is 11.3 Å². The van der Waals surface area contributed by atoms with E-state index >= 15 is 0 Å². The zero-order valence-corrected chi connectivity index (χ0v) is 15.1. The molecule has 0 fully saturated rings. The Morgan fingerprint density at radius 1 is 1.04 bits per heavy atom. The van der Waals surface area contributed by atoms with Gasteiger partial charge in [-0.25, -0.2) is 4.98 Å². The summed E-state index contributed by atoms with van der Waals surface area (Å²) in [6.07, 6.45) is -1.49. The maximum Gasteiger partial charge on any atom is 0.416 e. The molecular weight excluding hydrogens is 355 g/mol. The Kier molecular flexibility index (Phi) is 4.78. The van der Waals surface area contributed by atoms with Crippen LogP contribution in [0.25, 0.3) is 5.69 Å². The molecule has 1 heterocycles. The largest absolute Gasteiger partial charge is 0.416 e. The van der Waals surface area contributed by atoms with Crippen LogP contribution in [0.15, 0.2) is 48.9 Å². The highest BCUT2D eigenvalue weighted by atomic mass is 19.4. The van der Waals surface area contributed by atoms with Crippen LogP contribution in [-0.2, 0) is 6.18 Å². The van der Waals surface area contributed by atoms with Crippen LogP contribution < -0.4 is 5.32 Å². The normalized spacial score (nSPS) is 11.5. The second-order valence-corrected chi connectivity index (χ2v) is 6.44. The number of halogens is 3. The SMILES string of the molecule is Cc1cn(-c2cc(NC(=O)c3ccc(C)c(C)c3)cc(C(F)(F)F)c2)cn1. The van der Waals surface area contributed by atoms with Crippen LogP contribution in [0.1, 0.15) is 32.7 Å². The van der Waals surface area contributed by atoms with Gasteiger partial charge in [0.1, 0.15) is 0 Å². The zero-order valence-electron chi connectivity index (χ0n) is 15.1. The number of imidazole rings is 1. The first kappa shape index (κ1) is 18.7. The van der Waals surface area contributed by atoms with Gasteiger partial charge in [-0.3, -0.25) is 4.79 Å². The van der Waals surface area contributed by atoms with Crippen molar-refractivity contribution < 1.29 is 18.0 Å². The lowest BCUT2D eigenvalue weighted by Crippen LogP contribution is -2.14. The number of aryl methyl sites for hydroxylation is 3. The van der Waals surface area contributed by atoms with Crippen molar-refractivity contribution in [2.24, 2.45) is 0 Å². The highest BCUT2D eigenvalue weighted by molar-refractivity contribution is 6.04. The molecule has 1 N–H and O–H groups in total. The molecule has 1 aromatic heterocycles. The van der Waals surface area contributed by atoms with E-state index in [0.717, 1.165) is 23.3 Å². The fourth-order valence-electron chi connectivity index (χ4n) is 2.64. The van der Waals surface area contributed by atoms with Crippen molar-refractivity contribution in [3.63, 3.8) is 0 Å². The van der Waals surface area contributed by atoms with Gasteiger partial charge in [-0.15, -0.1) is 0 Å². The van der Waals surface area contributed by atoms with E-state index in [1.165, 1.54) is 17.0 Å². The summed E-state index contributed by atoms with van der Waals surface area (Å²) >= 11 is 0. The van der Waals surface area contributed by atoms with Gasteiger partial charge in [0, 0.05) is 23.1 Å². The molecule has 0 spiro atoms. The summed E-state index contributed by atoms with van der Waals surface area (Å²) in [7, 11) is 0. The zero-order chi connectivity index (χ0) is 19.8. The van der Waals surface area contributed by atoms with Gasteiger partial charge in [0.15, 0.2) is 0 Å². The Balaban J connectivity index is 1.98. The number of aromatic nitrogens is 2. The lowest BCUT2D eigenvalue weighted by atomic mass is 10.1. The number of benzene rings is 2. The standard InChI is InChI=1S/C20H18F3N3O/c1-12-4-5-15(6-13(12)2)19(27)25-17-7-16(20(21,22)23)8-18(9-17)26-10-14(3)24-11-26/h4-11H,1-3H3,(H,25,27). The third kappa shape index (κ3) is 4.19. The van der Waals surface area contributed by atoms with E-state index < -0.39 is 17.6 Å². The fraction of sp³-hybridized carbons (Fsp3) is 0.200. The van der Waals surface area contributed by atoms with E-state index in [1.807, 2.05) is 13.8 Å². The van der Waals surface area contributed by atoms with Crippen molar-refractivity contribution in [2.75, 3.05) is 5.32 Å². The predicted molar refractivity (Wildman–Crippen MR) is 97.2 cm³/mol. The highest BCUT2D eigenvalue weighted by Gasteiger charge is 2.31. The Morgan fingerprint density at radius 2 is 1.78 bits per heavy atom. The van der Waals surface area contributed by atoms with Crippen molar-refractivity contribution >= 4 is 11.6 Å². The van der Waals surface area contributed by atoms with E-state index in [2.05, 4.69) is 10.3 Å². The van der Waals surface area contributed by atoms with Gasteiger partial charge >= 0.3 is 6.18 Å². The lowest BCUT2D eigenvalue weighted by Gasteiger charge is -2.14. The summed E-state index contributed by atoms with van der Waals surface area (Å²) < 4.78 is 41.3. The first-order chi connectivity index (χ1) is 12.6. The number of carbonyl (C=O) groups excluding carboxylic acids is 1. The van der Waals surface area contributed by atoms with Crippen molar-refractivity contribution in [2.45, 2.75) is 26.9 Å². The second-order valence-electron chi connectivity index (χ2n) is 6.44. The molecule has 7 heteroatoms. The van der Waals surface area contributed by atoms with E-state index in [-0.39, 0.29) is 11.4 Å². The first-order valence-electron chi connectivity index (χ1n) is 8.25. The average molecular weight is 373 g/mol. The minimum atomic E-state index is -4.54. The van der Waals surface area contributed by atoms with Gasteiger partial charge in [-0.2, -0.15) is 13.2 Å². The van der Waals surface area contributed by atoms with E-state index in [4.69, 9.17) is 0 Å². The molecule has 3 rings (SSSR count). The third-order valence-electron chi connectivity index (χ3n) is 4.28. The van der Waals surface area contributed by atoms with Gasteiger partial charge in [-0.05, 0) is 62.2 Å². The summed E-state index contributed by atoms with van der Waals surface area (Å²) in [5, 5.41) is 2.56. The number of anilines is 1. The number of alkyl halides is 3. The van der Waals surface area contributed by atoms with Crippen LogP contribution in [0.3, 0.4) is 0 Å². The minimum absolute atomic E-state index is 0.0643. The van der Waals surface area contributed by atoms with Gasteiger partial charge in [0.2, 0.25) is 0 Å². The molecule has 0 unspecified atom stereocenters. The number of rotatable bonds is 3. The summed E-state index contributed by atoms with van der Waals surface area (Å²) in [4.78, 5) is 16.5.